The average molecular weight is 779 g/mol. The van der Waals surface area contributed by atoms with E-state index >= 15 is 0 Å². The Labute approximate surface area is 314 Å². The van der Waals surface area contributed by atoms with E-state index in [1.807, 2.05) is 0 Å². The van der Waals surface area contributed by atoms with Crippen LogP contribution < -0.4 is 0 Å². The number of hydrogen-bond donors (Lipinski definition) is 4. The zero-order valence-electron chi connectivity index (χ0n) is 31.2. The lowest BCUT2D eigenvalue weighted by atomic mass is 9.37. The van der Waals surface area contributed by atoms with Crippen molar-refractivity contribution in [2.75, 3.05) is 27.4 Å². The summed E-state index contributed by atoms with van der Waals surface area (Å²) in [5.74, 6) is -11.8. The molecule has 0 unspecified atom stereocenters. The van der Waals surface area contributed by atoms with Crippen molar-refractivity contribution < 1.29 is 87.0 Å². The second-order valence-electron chi connectivity index (χ2n) is 16.5. The molecule has 0 aromatic carbocycles. The van der Waals surface area contributed by atoms with Crippen LogP contribution in [0.5, 0.6) is 0 Å². The molecule has 4 saturated heterocycles. The maximum Gasteiger partial charge on any atom is 0.366 e. The summed E-state index contributed by atoms with van der Waals surface area (Å²) in [5.41, 5.74) is -10.0. The van der Waals surface area contributed by atoms with E-state index in [0.29, 0.717) is 0 Å². The van der Waals surface area contributed by atoms with E-state index in [-0.39, 0.29) is 12.0 Å². The molecule has 3 saturated carbocycles. The van der Waals surface area contributed by atoms with Crippen molar-refractivity contribution in [3.05, 3.63) is 24.0 Å². The fraction of sp³-hybridized carbons (Fsp3) is 0.757. The third kappa shape index (κ3) is 4.31. The van der Waals surface area contributed by atoms with E-state index in [0.717, 1.165) is 14.2 Å². The SMILES string of the molecule is C/C=C(\C)C(=O)O[C@H]1C[C@@H](OC(=O)CCC(=O)O)[C@@]2(C(=O)OC)CO[C@H]3[C@@H](O)[C@@](C)([C@]45O[C@@]4(C)[C@H]4C[C@@H]5O[C@@H]5OC=C[C@@]54O)[C@H]4[C@]1(CO[C@]4(O)C(=O)OC)[C@@H]32. The van der Waals surface area contributed by atoms with Gasteiger partial charge in [0.2, 0.25) is 6.29 Å². The van der Waals surface area contributed by atoms with E-state index in [4.69, 9.17) is 42.6 Å². The highest BCUT2D eigenvalue weighted by molar-refractivity contribution is 5.88. The minimum Gasteiger partial charge on any atom is -0.481 e. The van der Waals surface area contributed by atoms with Gasteiger partial charge in [0.1, 0.15) is 28.8 Å². The number of carboxylic acid groups (broad SMARTS) is 1. The smallest absolute Gasteiger partial charge is 0.366 e. The maximum absolute atomic E-state index is 14.3. The minimum absolute atomic E-state index is 0.176. The van der Waals surface area contributed by atoms with Crippen LogP contribution in [-0.2, 0) is 66.6 Å². The molecule has 16 atom stereocenters. The van der Waals surface area contributed by atoms with Gasteiger partial charge in [0.05, 0.1) is 64.8 Å². The molecule has 3 aliphatic carbocycles. The summed E-state index contributed by atoms with van der Waals surface area (Å²) in [6, 6.07) is 0. The third-order valence-electron chi connectivity index (χ3n) is 14.6. The molecule has 5 heterocycles. The quantitative estimate of drug-likeness (QED) is 0.101. The van der Waals surface area contributed by atoms with E-state index in [9.17, 15) is 44.4 Å². The summed E-state index contributed by atoms with van der Waals surface area (Å²) in [5, 5.41) is 46.9. The number of esters is 4. The normalized spacial score (nSPS) is 50.8. The number of aliphatic carboxylic acids is 1. The van der Waals surface area contributed by atoms with Gasteiger partial charge in [-0.2, -0.15) is 0 Å². The van der Waals surface area contributed by atoms with Crippen LogP contribution in [0.2, 0.25) is 0 Å². The molecule has 302 valence electrons. The summed E-state index contributed by atoms with van der Waals surface area (Å²) in [6.07, 6.45) is -5.11. The second kappa shape index (κ2) is 11.9. The number of fused-ring (bicyclic) bond motifs is 7. The average Bonchev–Trinajstić information content (AvgIpc) is 3.53. The van der Waals surface area contributed by atoms with Crippen molar-refractivity contribution >= 4 is 29.8 Å². The topological polar surface area (TPSA) is 253 Å². The van der Waals surface area contributed by atoms with Gasteiger partial charge >= 0.3 is 29.8 Å². The van der Waals surface area contributed by atoms with Crippen molar-refractivity contribution in [2.45, 2.75) is 113 Å². The Morgan fingerprint density at radius 2 is 1.67 bits per heavy atom. The lowest BCUT2D eigenvalue weighted by molar-refractivity contribution is -0.314. The summed E-state index contributed by atoms with van der Waals surface area (Å²) in [4.78, 5) is 66.7. The van der Waals surface area contributed by atoms with Gasteiger partial charge in [-0.3, -0.25) is 14.4 Å². The van der Waals surface area contributed by atoms with Gasteiger partial charge in [-0.1, -0.05) is 13.0 Å². The molecule has 18 nitrogen and oxygen atoms in total. The number of ether oxygens (including phenoxy) is 9. The summed E-state index contributed by atoms with van der Waals surface area (Å²) in [6.45, 7) is 5.37. The molecular weight excluding hydrogens is 732 g/mol. The van der Waals surface area contributed by atoms with Crippen molar-refractivity contribution in [3.63, 3.8) is 0 Å². The Morgan fingerprint density at radius 3 is 2.33 bits per heavy atom. The Morgan fingerprint density at radius 1 is 0.964 bits per heavy atom. The van der Waals surface area contributed by atoms with Gasteiger partial charge in [0.15, 0.2) is 5.60 Å². The van der Waals surface area contributed by atoms with Gasteiger partial charge in [-0.25, -0.2) is 9.59 Å². The second-order valence-corrected chi connectivity index (χ2v) is 16.5. The van der Waals surface area contributed by atoms with Crippen LogP contribution in [0.1, 0.15) is 53.4 Å². The number of carbonyl (C=O) groups excluding carboxylic acids is 4. The summed E-state index contributed by atoms with van der Waals surface area (Å²) in [7, 11) is 2.14. The first-order chi connectivity index (χ1) is 25.8. The Bertz CT molecular complexity index is 1800. The maximum atomic E-state index is 14.3. The molecule has 5 aliphatic heterocycles. The molecule has 0 radical (unpaired) electrons. The standard InChI is InChI=1S/C37H46O18/c1-7-16(2)26(42)53-18-13-19(52-22(40)9-8-21(38)39)34(28(43)47-5)14-50-23-24(34)33(18)15-51-36(46,29(44)48-6)27(33)31(3,25(23)41)37-20-12-17(32(37,4)55-37)35(45)10-11-49-30(35)54-20/h7,10-11,17-20,23-25,27,30,41,45-46H,8-9,12-15H2,1-6H3,(H,38,39)/b16-7+/t17-,18+,19-,20+,23-,24-,25-,27+,30+,31-,32+,33+,34+,35+,36+,37+/m1/s1. The van der Waals surface area contributed by atoms with Gasteiger partial charge < -0.3 is 63.1 Å². The van der Waals surface area contributed by atoms with Gasteiger partial charge in [0.25, 0.3) is 5.79 Å². The molecular formula is C37H46O18. The lowest BCUT2D eigenvalue weighted by Crippen LogP contribution is -2.79. The number of allylic oxidation sites excluding steroid dienone is 1. The number of epoxide rings is 1. The Hall–Kier alpha value is -3.65. The molecule has 4 N–H and O–H groups in total. The van der Waals surface area contributed by atoms with Crippen LogP contribution in [0.3, 0.4) is 0 Å². The monoisotopic (exact) mass is 778 g/mol. The Balaban J connectivity index is 1.36. The van der Waals surface area contributed by atoms with Crippen LogP contribution in [-0.4, -0.2) is 137 Å². The largest absolute Gasteiger partial charge is 0.481 e. The Kier molecular flexibility index (Phi) is 8.30. The van der Waals surface area contributed by atoms with Crippen LogP contribution in [0.15, 0.2) is 24.0 Å². The molecule has 7 fully saturated rings. The van der Waals surface area contributed by atoms with E-state index in [2.05, 4.69) is 0 Å². The van der Waals surface area contributed by atoms with Crippen molar-refractivity contribution in [1.82, 2.24) is 0 Å². The molecule has 1 spiro atoms. The number of aliphatic hydroxyl groups excluding tert-OH is 1. The highest BCUT2D eigenvalue weighted by atomic mass is 16.7. The molecule has 2 bridgehead atoms. The van der Waals surface area contributed by atoms with Crippen molar-refractivity contribution in [2.24, 2.45) is 34.0 Å². The first-order valence-corrected chi connectivity index (χ1v) is 18.3. The zero-order valence-corrected chi connectivity index (χ0v) is 31.2. The molecule has 18 heteroatoms. The zero-order chi connectivity index (χ0) is 39.9. The summed E-state index contributed by atoms with van der Waals surface area (Å²) >= 11 is 0. The first-order valence-electron chi connectivity index (χ1n) is 18.3. The van der Waals surface area contributed by atoms with Crippen molar-refractivity contribution in [3.8, 4) is 0 Å². The van der Waals surface area contributed by atoms with E-state index in [1.54, 1.807) is 20.8 Å². The molecule has 0 aromatic heterocycles. The van der Waals surface area contributed by atoms with Crippen LogP contribution in [0, 0.1) is 34.0 Å². The number of methoxy groups -OCH3 is 2. The highest BCUT2D eigenvalue weighted by Gasteiger charge is 2.97. The first kappa shape index (κ1) is 38.2. The van der Waals surface area contributed by atoms with Gasteiger partial charge in [-0.05, 0) is 33.3 Å². The summed E-state index contributed by atoms with van der Waals surface area (Å²) < 4.78 is 54.1. The fourth-order valence-electron chi connectivity index (χ4n) is 12.4. The fourth-order valence-corrected chi connectivity index (χ4v) is 12.4. The predicted molar refractivity (Wildman–Crippen MR) is 175 cm³/mol. The number of rotatable bonds is 9. The highest BCUT2D eigenvalue weighted by Crippen LogP contribution is 2.83. The van der Waals surface area contributed by atoms with Crippen molar-refractivity contribution in [1.29, 1.82) is 0 Å². The van der Waals surface area contributed by atoms with Crippen LogP contribution >= 0.6 is 0 Å². The minimum atomic E-state index is -2.90. The number of carbonyl (C=O) groups is 5. The van der Waals surface area contributed by atoms with Gasteiger partial charge in [-0.15, -0.1) is 0 Å². The number of aliphatic hydroxyl groups is 3. The van der Waals surface area contributed by atoms with E-state index < -0.39 is 156 Å². The van der Waals surface area contributed by atoms with Gasteiger partial charge in [0, 0.05) is 40.6 Å². The molecule has 0 aromatic rings. The predicted octanol–water partition coefficient (Wildman–Crippen LogP) is -0.358. The molecule has 55 heavy (non-hydrogen) atoms. The molecule has 8 rings (SSSR count). The van der Waals surface area contributed by atoms with Crippen LogP contribution in [0.4, 0.5) is 0 Å². The van der Waals surface area contributed by atoms with E-state index in [1.165, 1.54) is 25.3 Å². The third-order valence-corrected chi connectivity index (χ3v) is 14.6. The molecule has 0 amide bonds. The number of carboxylic acids is 1. The van der Waals surface area contributed by atoms with Crippen LogP contribution in [0.25, 0.3) is 0 Å². The number of hydrogen-bond acceptors (Lipinski definition) is 17. The lowest BCUT2D eigenvalue weighted by Gasteiger charge is -2.65. The molecule has 8 aliphatic rings.